The monoisotopic (exact) mass is 306 g/mol. The topological polar surface area (TPSA) is 26.3 Å². The fourth-order valence-corrected chi connectivity index (χ4v) is 2.52. The molecule has 0 aliphatic heterocycles. The molecule has 0 aliphatic carbocycles. The van der Waals surface area contributed by atoms with E-state index >= 15 is 0 Å². The molecule has 2 aromatic rings. The van der Waals surface area contributed by atoms with Crippen molar-refractivity contribution in [3.8, 4) is 0 Å². The van der Waals surface area contributed by atoms with Gasteiger partial charge in [0.1, 0.15) is 5.76 Å². The highest BCUT2D eigenvalue weighted by atomic mass is 79.9. The van der Waals surface area contributed by atoms with Gasteiger partial charge in [-0.25, -0.2) is 0 Å². The maximum Gasteiger partial charge on any atom is 0.193 e. The summed E-state index contributed by atoms with van der Waals surface area (Å²) in [5.41, 5.74) is 1.16. The Morgan fingerprint density at radius 3 is 2.80 bits per heavy atom. The molecule has 0 aliphatic rings. The molecule has 80 valence electrons. The summed E-state index contributed by atoms with van der Waals surface area (Å²) in [7, 11) is 0. The maximum atomic E-state index is 5.66. The molecule has 15 heavy (non-hydrogen) atoms. The van der Waals surface area contributed by atoms with E-state index in [4.69, 9.17) is 20.4 Å². The van der Waals surface area contributed by atoms with E-state index in [9.17, 15) is 0 Å². The van der Waals surface area contributed by atoms with Crippen LogP contribution < -0.4 is 0 Å². The summed E-state index contributed by atoms with van der Waals surface area (Å²) in [6.45, 7) is 0. The lowest BCUT2D eigenvalue weighted by Crippen LogP contribution is -1.77. The zero-order chi connectivity index (χ0) is 10.7. The van der Waals surface area contributed by atoms with Crippen LogP contribution >= 0.6 is 39.3 Å². The van der Waals surface area contributed by atoms with Crippen molar-refractivity contribution in [3.63, 3.8) is 0 Å². The third-order valence-corrected chi connectivity index (χ3v) is 3.41. The van der Waals surface area contributed by atoms with Crippen LogP contribution in [0, 0.1) is 0 Å². The van der Waals surface area contributed by atoms with Gasteiger partial charge in [-0.05, 0) is 45.7 Å². The van der Waals surface area contributed by atoms with Crippen LogP contribution in [-0.2, 0) is 11.5 Å². The third kappa shape index (κ3) is 3.33. The van der Waals surface area contributed by atoms with Gasteiger partial charge in [0.05, 0.1) is 12.0 Å². The predicted octanol–water partition coefficient (Wildman–Crippen LogP) is 4.72. The van der Waals surface area contributed by atoms with Crippen molar-refractivity contribution in [2.75, 3.05) is 0 Å². The molecule has 0 unspecified atom stereocenters. The molecule has 0 saturated carbocycles. The zero-order valence-electron chi connectivity index (χ0n) is 7.70. The molecule has 0 aromatic carbocycles. The van der Waals surface area contributed by atoms with Crippen LogP contribution in [-0.4, -0.2) is 0 Å². The van der Waals surface area contributed by atoms with E-state index in [1.54, 1.807) is 24.1 Å². The van der Waals surface area contributed by atoms with Gasteiger partial charge in [0.25, 0.3) is 0 Å². The Balaban J connectivity index is 1.80. The van der Waals surface area contributed by atoms with Crippen molar-refractivity contribution >= 4 is 39.3 Å². The number of hydrogen-bond acceptors (Lipinski definition) is 3. The molecule has 0 amide bonds. The van der Waals surface area contributed by atoms with Crippen LogP contribution in [0.25, 0.3) is 0 Å². The van der Waals surface area contributed by atoms with Crippen LogP contribution in [0.2, 0.25) is 5.22 Å². The second-order valence-corrected chi connectivity index (χ2v) is 5.10. The molecule has 2 aromatic heterocycles. The number of halogens is 2. The van der Waals surface area contributed by atoms with Crippen LogP contribution in [0.3, 0.4) is 0 Å². The number of hydrogen-bond donors (Lipinski definition) is 0. The summed E-state index contributed by atoms with van der Waals surface area (Å²) in [5, 5.41) is 0.441. The Bertz CT molecular complexity index is 398. The molecule has 2 heterocycles. The molecule has 5 heteroatoms. The van der Waals surface area contributed by atoms with Crippen LogP contribution in [0.1, 0.15) is 11.3 Å². The van der Waals surface area contributed by atoms with E-state index in [0.29, 0.717) is 5.22 Å². The summed E-state index contributed by atoms with van der Waals surface area (Å²) in [6.07, 6.45) is 1.74. The molecule has 0 saturated heterocycles. The lowest BCUT2D eigenvalue weighted by molar-refractivity contribution is 0.532. The Labute approximate surface area is 105 Å². The van der Waals surface area contributed by atoms with Gasteiger partial charge in [-0.1, -0.05) is 0 Å². The second-order valence-electron chi connectivity index (χ2n) is 2.96. The van der Waals surface area contributed by atoms with Gasteiger partial charge in [0.2, 0.25) is 0 Å². The molecule has 2 rings (SSSR count). The van der Waals surface area contributed by atoms with Gasteiger partial charge in [-0.3, -0.25) is 0 Å². The molecule has 2 nitrogen and oxygen atoms in total. The van der Waals surface area contributed by atoms with E-state index in [-0.39, 0.29) is 0 Å². The normalized spacial score (nSPS) is 10.8. The van der Waals surface area contributed by atoms with E-state index < -0.39 is 0 Å². The first kappa shape index (κ1) is 11.2. The van der Waals surface area contributed by atoms with Gasteiger partial charge in [0.15, 0.2) is 9.89 Å². The van der Waals surface area contributed by atoms with Crippen molar-refractivity contribution < 1.29 is 8.83 Å². The third-order valence-electron chi connectivity index (χ3n) is 1.76. The summed E-state index contributed by atoms with van der Waals surface area (Å²) in [4.78, 5) is 0. The van der Waals surface area contributed by atoms with Crippen molar-refractivity contribution in [3.05, 3.63) is 45.7 Å². The first-order chi connectivity index (χ1) is 7.24. The summed E-state index contributed by atoms with van der Waals surface area (Å²) >= 11 is 10.7. The molecule has 0 atom stereocenters. The molecule has 0 N–H and O–H groups in total. The Morgan fingerprint density at radius 2 is 2.20 bits per heavy atom. The van der Waals surface area contributed by atoms with Gasteiger partial charge in [0, 0.05) is 11.3 Å². The zero-order valence-corrected chi connectivity index (χ0v) is 10.9. The van der Waals surface area contributed by atoms with Gasteiger partial charge >= 0.3 is 0 Å². The molecule has 0 radical (unpaired) electrons. The summed E-state index contributed by atoms with van der Waals surface area (Å²) in [6, 6.07) is 5.61. The van der Waals surface area contributed by atoms with E-state index in [0.717, 1.165) is 27.5 Å². The lowest BCUT2D eigenvalue weighted by atomic mass is 10.4. The van der Waals surface area contributed by atoms with Crippen molar-refractivity contribution in [1.82, 2.24) is 0 Å². The Morgan fingerprint density at radius 1 is 1.33 bits per heavy atom. The fourth-order valence-electron chi connectivity index (χ4n) is 1.12. The van der Waals surface area contributed by atoms with Gasteiger partial charge in [-0.2, -0.15) is 0 Å². The van der Waals surface area contributed by atoms with E-state index in [1.165, 1.54) is 0 Å². The Hall–Kier alpha value is -0.320. The number of rotatable bonds is 4. The highest BCUT2D eigenvalue weighted by Gasteiger charge is 2.02. The smallest absolute Gasteiger partial charge is 0.193 e. The average Bonchev–Trinajstić information content (AvgIpc) is 2.76. The van der Waals surface area contributed by atoms with Crippen LogP contribution in [0.5, 0.6) is 0 Å². The first-order valence-electron chi connectivity index (χ1n) is 4.29. The minimum atomic E-state index is 0.441. The molecular weight excluding hydrogens is 300 g/mol. The highest BCUT2D eigenvalue weighted by Crippen LogP contribution is 2.23. The molecular formula is C10H8BrClO2S. The Kier molecular flexibility index (Phi) is 3.83. The van der Waals surface area contributed by atoms with Crippen LogP contribution in [0.15, 0.2) is 38.0 Å². The van der Waals surface area contributed by atoms with Crippen LogP contribution in [0.4, 0.5) is 0 Å². The SMILES string of the molecule is Clc1ccc(CSCc2coc(Br)c2)o1. The fraction of sp³-hybridized carbons (Fsp3) is 0.200. The number of thioether (sulfide) groups is 1. The van der Waals surface area contributed by atoms with E-state index in [2.05, 4.69) is 15.9 Å². The maximum absolute atomic E-state index is 5.66. The van der Waals surface area contributed by atoms with Gasteiger partial charge < -0.3 is 8.83 Å². The standard InChI is InChI=1S/C10H8BrClO2S/c11-9-3-7(4-13-9)5-15-6-8-1-2-10(12)14-8/h1-4H,5-6H2. The summed E-state index contributed by atoms with van der Waals surface area (Å²) in [5.74, 6) is 2.61. The largest absolute Gasteiger partial charge is 0.457 e. The van der Waals surface area contributed by atoms with Crippen molar-refractivity contribution in [2.45, 2.75) is 11.5 Å². The minimum absolute atomic E-state index is 0.441. The molecule has 0 bridgehead atoms. The quantitative estimate of drug-likeness (QED) is 0.817. The number of furan rings is 2. The predicted molar refractivity (Wildman–Crippen MR) is 65.1 cm³/mol. The van der Waals surface area contributed by atoms with Crippen molar-refractivity contribution in [1.29, 1.82) is 0 Å². The van der Waals surface area contributed by atoms with Crippen molar-refractivity contribution in [2.24, 2.45) is 0 Å². The molecule has 0 spiro atoms. The lowest BCUT2D eigenvalue weighted by Gasteiger charge is -1.95. The first-order valence-corrected chi connectivity index (χ1v) is 6.61. The minimum Gasteiger partial charge on any atom is -0.457 e. The van der Waals surface area contributed by atoms with Gasteiger partial charge in [-0.15, -0.1) is 11.8 Å². The molecule has 0 fully saturated rings. The second kappa shape index (κ2) is 5.14. The summed E-state index contributed by atoms with van der Waals surface area (Å²) < 4.78 is 11.1. The van der Waals surface area contributed by atoms with E-state index in [1.807, 2.05) is 12.1 Å². The average molecular weight is 308 g/mol. The highest BCUT2D eigenvalue weighted by molar-refractivity contribution is 9.10.